The summed E-state index contributed by atoms with van der Waals surface area (Å²) in [6.45, 7) is 8.41. The molecule has 3 N–H and O–H groups in total. The number of halogens is 2. The summed E-state index contributed by atoms with van der Waals surface area (Å²) in [5.74, 6) is -0.0621. The Bertz CT molecular complexity index is 1720. The largest absolute Gasteiger partial charge is 0.494 e. The normalized spacial score (nSPS) is 24.6. The van der Waals surface area contributed by atoms with Gasteiger partial charge in [0.2, 0.25) is 14.3 Å². The Hall–Kier alpha value is -3.32. The molecule has 0 saturated carbocycles. The molecule has 6 rings (SSSR count). The SMILES string of the molecule is CCOc1ccc2c(c1)CC(NCCCCO)C(=O)N2c1ccc(CN2C(=O)[C@@]3(O[C@@H](CCO)[C@H]([Si](C)(C)F)[C@H]3C)c3cc(Cl)ccc32)cc1. The second kappa shape index (κ2) is 14.7. The highest BCUT2D eigenvalue weighted by Gasteiger charge is 2.66. The lowest BCUT2D eigenvalue weighted by molar-refractivity contribution is -0.146. The molecule has 50 heavy (non-hydrogen) atoms. The molecule has 3 aromatic carbocycles. The van der Waals surface area contributed by atoms with Gasteiger partial charge in [-0.3, -0.25) is 14.5 Å². The van der Waals surface area contributed by atoms with Gasteiger partial charge in [0.25, 0.3) is 5.91 Å². The Morgan fingerprint density at radius 2 is 1.78 bits per heavy atom. The van der Waals surface area contributed by atoms with Crippen LogP contribution < -0.4 is 19.9 Å². The van der Waals surface area contributed by atoms with Gasteiger partial charge in [0, 0.05) is 40.9 Å². The smallest absolute Gasteiger partial charge is 0.264 e. The van der Waals surface area contributed by atoms with Crippen LogP contribution >= 0.6 is 11.6 Å². The second-order valence-corrected chi connectivity index (χ2v) is 18.3. The van der Waals surface area contributed by atoms with Crippen LogP contribution in [0.3, 0.4) is 0 Å². The number of carbonyl (C=O) groups is 2. The van der Waals surface area contributed by atoms with Crippen molar-refractivity contribution in [3.63, 3.8) is 0 Å². The summed E-state index contributed by atoms with van der Waals surface area (Å²) < 4.78 is 28.2. The number of anilines is 3. The van der Waals surface area contributed by atoms with Crippen LogP contribution in [0, 0.1) is 5.92 Å². The molecule has 1 unspecified atom stereocenters. The summed E-state index contributed by atoms with van der Waals surface area (Å²) in [7, 11) is -3.31. The maximum absolute atomic E-state index is 15.8. The zero-order chi connectivity index (χ0) is 35.8. The van der Waals surface area contributed by atoms with Crippen LogP contribution in [0.1, 0.15) is 49.8 Å². The minimum absolute atomic E-state index is 0.0698. The number of nitrogens with zero attached hydrogens (tertiary/aromatic N) is 2. The van der Waals surface area contributed by atoms with E-state index in [-0.39, 0.29) is 38.0 Å². The fraction of sp³-hybridized carbons (Fsp3) is 0.474. The van der Waals surface area contributed by atoms with Gasteiger partial charge in [-0.2, -0.15) is 0 Å². The van der Waals surface area contributed by atoms with E-state index in [1.807, 2.05) is 62.4 Å². The Labute approximate surface area is 299 Å². The number of amides is 2. The molecule has 0 aromatic heterocycles. The van der Waals surface area contributed by atoms with Crippen molar-refractivity contribution in [1.82, 2.24) is 5.32 Å². The van der Waals surface area contributed by atoms with Crippen molar-refractivity contribution in [3.8, 4) is 5.75 Å². The molecule has 1 fully saturated rings. The first-order valence-electron chi connectivity index (χ1n) is 17.6. The Morgan fingerprint density at radius 3 is 2.46 bits per heavy atom. The minimum atomic E-state index is -3.31. The average Bonchev–Trinajstić information content (AvgIpc) is 3.50. The summed E-state index contributed by atoms with van der Waals surface area (Å²) in [5, 5.41) is 22.9. The van der Waals surface area contributed by atoms with Crippen LogP contribution in [0.2, 0.25) is 23.7 Å². The molecular weight excluding hydrogens is 677 g/mol. The number of nitrogens with one attached hydrogen (secondary N) is 1. The predicted octanol–water partition coefficient (Wildman–Crippen LogP) is 6.39. The summed E-state index contributed by atoms with van der Waals surface area (Å²) in [6, 6.07) is 18.3. The fourth-order valence-electron chi connectivity index (χ4n) is 8.23. The average molecular weight is 724 g/mol. The van der Waals surface area contributed by atoms with E-state index in [0.717, 1.165) is 29.0 Å². The first kappa shape index (κ1) is 36.5. The number of benzene rings is 3. The molecule has 0 aliphatic carbocycles. The second-order valence-electron chi connectivity index (χ2n) is 14.0. The van der Waals surface area contributed by atoms with Crippen molar-refractivity contribution in [2.24, 2.45) is 5.92 Å². The molecule has 0 bridgehead atoms. The van der Waals surface area contributed by atoms with E-state index in [1.54, 1.807) is 35.0 Å². The van der Waals surface area contributed by atoms with Gasteiger partial charge in [0.1, 0.15) is 5.75 Å². The molecule has 0 radical (unpaired) electrons. The number of hydrogen-bond donors (Lipinski definition) is 3. The standard InChI is InChI=1S/C38H47ClFN3O6Si/c1-5-48-29-13-15-32-26(20-29)21-31(41-17-6-7-18-44)36(46)43(32)28-11-8-25(9-12-28)23-42-33-14-10-27(39)22-30(33)38(37(42)47)24(2)35(50(3,4)40)34(49-38)16-19-45/h8-15,20,22,24,31,34-35,41,44-45H,5-7,16-19,21,23H2,1-4H3/t24-,31?,34+,35-,38+/m1/s1. The van der Waals surface area contributed by atoms with Crippen molar-refractivity contribution in [1.29, 1.82) is 0 Å². The van der Waals surface area contributed by atoms with Gasteiger partial charge in [0.15, 0.2) is 5.60 Å². The van der Waals surface area contributed by atoms with E-state index in [4.69, 9.17) is 21.1 Å². The van der Waals surface area contributed by atoms with Gasteiger partial charge in [-0.15, -0.1) is 0 Å². The molecule has 5 atom stereocenters. The highest BCUT2D eigenvalue weighted by Crippen LogP contribution is 2.60. The molecule has 1 spiro atoms. The summed E-state index contributed by atoms with van der Waals surface area (Å²) >= 11 is 6.48. The van der Waals surface area contributed by atoms with Crippen molar-refractivity contribution < 1.29 is 33.4 Å². The van der Waals surface area contributed by atoms with Gasteiger partial charge in [0.05, 0.1) is 36.7 Å². The number of aliphatic hydroxyl groups is 2. The van der Waals surface area contributed by atoms with Crippen LogP contribution in [0.4, 0.5) is 21.2 Å². The third kappa shape index (κ3) is 6.60. The monoisotopic (exact) mass is 723 g/mol. The zero-order valence-corrected chi connectivity index (χ0v) is 30.9. The summed E-state index contributed by atoms with van der Waals surface area (Å²) in [4.78, 5) is 31.9. The number of carbonyl (C=O) groups excluding carboxylic acids is 2. The van der Waals surface area contributed by atoms with Gasteiger partial charge < -0.3 is 34.0 Å². The molecule has 3 aromatic rings. The quantitative estimate of drug-likeness (QED) is 0.106. The Morgan fingerprint density at radius 1 is 1.04 bits per heavy atom. The topological polar surface area (TPSA) is 112 Å². The molecule has 9 nitrogen and oxygen atoms in total. The van der Waals surface area contributed by atoms with Crippen molar-refractivity contribution >= 4 is 48.9 Å². The first-order valence-corrected chi connectivity index (χ1v) is 20.9. The van der Waals surface area contributed by atoms with Crippen LogP contribution in [0.5, 0.6) is 5.75 Å². The maximum Gasteiger partial charge on any atom is 0.264 e. The maximum atomic E-state index is 15.8. The molecule has 3 aliphatic rings. The highest BCUT2D eigenvalue weighted by atomic mass is 35.5. The van der Waals surface area contributed by atoms with Gasteiger partial charge in [-0.25, -0.2) is 0 Å². The van der Waals surface area contributed by atoms with E-state index in [1.165, 1.54) is 0 Å². The van der Waals surface area contributed by atoms with E-state index in [2.05, 4.69) is 5.32 Å². The van der Waals surface area contributed by atoms with Crippen molar-refractivity contribution in [2.45, 2.75) is 82.5 Å². The molecule has 3 heterocycles. The molecular formula is C38H47ClFN3O6Si. The summed E-state index contributed by atoms with van der Waals surface area (Å²) in [6.07, 6.45) is 1.58. The number of fused-ring (bicyclic) bond motifs is 3. The number of rotatable bonds is 13. The predicted molar refractivity (Wildman–Crippen MR) is 195 cm³/mol. The molecule has 268 valence electrons. The van der Waals surface area contributed by atoms with E-state index in [0.29, 0.717) is 48.0 Å². The molecule has 12 heteroatoms. The number of unbranched alkanes of at least 4 members (excludes halogenated alkanes) is 1. The van der Waals surface area contributed by atoms with E-state index < -0.39 is 37.6 Å². The van der Waals surface area contributed by atoms with Crippen molar-refractivity contribution in [2.75, 3.05) is 36.2 Å². The Kier molecular flexibility index (Phi) is 10.7. The lowest BCUT2D eigenvalue weighted by Crippen LogP contribution is -2.49. The number of hydrogen-bond acceptors (Lipinski definition) is 7. The highest BCUT2D eigenvalue weighted by molar-refractivity contribution is 6.72. The molecule has 1 saturated heterocycles. The Balaban J connectivity index is 1.30. The lowest BCUT2D eigenvalue weighted by atomic mass is 9.82. The van der Waals surface area contributed by atoms with E-state index in [9.17, 15) is 19.8 Å². The van der Waals surface area contributed by atoms with Gasteiger partial charge in [-0.1, -0.05) is 30.7 Å². The van der Waals surface area contributed by atoms with Crippen LogP contribution in [0.25, 0.3) is 0 Å². The van der Waals surface area contributed by atoms with Gasteiger partial charge in [-0.05, 0) is 112 Å². The number of ether oxygens (including phenoxy) is 2. The van der Waals surface area contributed by atoms with Crippen LogP contribution in [-0.4, -0.2) is 68.9 Å². The minimum Gasteiger partial charge on any atom is -0.494 e. The first-order chi connectivity index (χ1) is 23.9. The van der Waals surface area contributed by atoms with E-state index >= 15 is 4.11 Å². The summed E-state index contributed by atoms with van der Waals surface area (Å²) in [5.41, 5.74) is 2.70. The fourth-order valence-corrected chi connectivity index (χ4v) is 10.9. The third-order valence-corrected chi connectivity index (χ3v) is 13.1. The lowest BCUT2D eigenvalue weighted by Gasteiger charge is -2.35. The van der Waals surface area contributed by atoms with Crippen LogP contribution in [0.15, 0.2) is 60.7 Å². The third-order valence-electron chi connectivity index (χ3n) is 10.4. The molecule has 2 amide bonds. The van der Waals surface area contributed by atoms with Crippen LogP contribution in [-0.2, 0) is 32.9 Å². The van der Waals surface area contributed by atoms with Crippen molar-refractivity contribution in [3.05, 3.63) is 82.4 Å². The van der Waals surface area contributed by atoms with Gasteiger partial charge >= 0.3 is 0 Å². The zero-order valence-electron chi connectivity index (χ0n) is 29.1. The number of aliphatic hydroxyl groups excluding tert-OH is 2. The molecule has 3 aliphatic heterocycles.